The van der Waals surface area contributed by atoms with E-state index in [2.05, 4.69) is 19.7 Å². The minimum atomic E-state index is -0.515. The predicted molar refractivity (Wildman–Crippen MR) is 91.2 cm³/mol. The number of carbonyl (C=O) groups excluding carboxylic acids is 1. The van der Waals surface area contributed by atoms with Crippen molar-refractivity contribution in [2.45, 2.75) is 20.0 Å². The van der Waals surface area contributed by atoms with Crippen LogP contribution in [-0.4, -0.2) is 39.9 Å². The molecular weight excluding hydrogens is 360 g/mol. The molecule has 136 valence electrons. The lowest BCUT2D eigenvalue weighted by Gasteiger charge is -2.07. The van der Waals surface area contributed by atoms with Gasteiger partial charge in [-0.3, -0.25) is 0 Å². The molecule has 0 saturated heterocycles. The predicted octanol–water partition coefficient (Wildman–Crippen LogP) is 2.52. The second kappa shape index (κ2) is 7.91. The van der Waals surface area contributed by atoms with Gasteiger partial charge in [-0.05, 0) is 30.1 Å². The van der Waals surface area contributed by atoms with Gasteiger partial charge in [0, 0.05) is 6.07 Å². The first-order chi connectivity index (χ1) is 12.7. The third-order valence-corrected chi connectivity index (χ3v) is 4.27. The molecule has 0 unspecified atom stereocenters. The average Bonchev–Trinajstić information content (AvgIpc) is 3.34. The highest BCUT2D eigenvalue weighted by Crippen LogP contribution is 2.31. The quantitative estimate of drug-likeness (QED) is 0.574. The molecule has 0 saturated carbocycles. The lowest BCUT2D eigenvalue weighted by Crippen LogP contribution is -2.06. The van der Waals surface area contributed by atoms with Crippen LogP contribution in [0.15, 0.2) is 22.7 Å². The largest absolute Gasteiger partial charge is 0.497 e. The van der Waals surface area contributed by atoms with Crippen molar-refractivity contribution >= 4 is 17.5 Å². The lowest BCUT2D eigenvalue weighted by molar-refractivity contribution is 0.0434. The van der Waals surface area contributed by atoms with E-state index < -0.39 is 5.97 Å². The number of carbonyl (C=O) groups is 1. The number of esters is 1. The van der Waals surface area contributed by atoms with Crippen LogP contribution in [0.25, 0.3) is 11.4 Å². The molecule has 2 heterocycles. The van der Waals surface area contributed by atoms with E-state index in [0.717, 1.165) is 11.5 Å². The molecule has 9 nitrogen and oxygen atoms in total. The maximum atomic E-state index is 12.1. The summed E-state index contributed by atoms with van der Waals surface area (Å²) in [7, 11) is 3.10. The Kier molecular flexibility index (Phi) is 5.42. The molecule has 2 aromatic heterocycles. The lowest BCUT2D eigenvalue weighted by atomic mass is 10.2. The smallest absolute Gasteiger partial charge is 0.352 e. The Labute approximate surface area is 153 Å². The Balaban J connectivity index is 1.71. The summed E-state index contributed by atoms with van der Waals surface area (Å²) in [6.07, 6.45) is 0.600. The van der Waals surface area contributed by atoms with Gasteiger partial charge in [0.2, 0.25) is 5.82 Å². The molecule has 0 spiro atoms. The van der Waals surface area contributed by atoms with Gasteiger partial charge in [0.15, 0.2) is 11.5 Å². The molecule has 0 aliphatic heterocycles. The molecule has 0 fully saturated rings. The van der Waals surface area contributed by atoms with Gasteiger partial charge in [0.1, 0.15) is 11.5 Å². The van der Waals surface area contributed by atoms with Gasteiger partial charge < -0.3 is 18.7 Å². The van der Waals surface area contributed by atoms with Crippen molar-refractivity contribution in [3.8, 4) is 22.9 Å². The van der Waals surface area contributed by atoms with Gasteiger partial charge in [-0.1, -0.05) is 16.6 Å². The van der Waals surface area contributed by atoms with Crippen LogP contribution in [0.3, 0.4) is 0 Å². The molecular formula is C16H16N4O5S. The van der Waals surface area contributed by atoms with Crippen molar-refractivity contribution in [2.24, 2.45) is 0 Å². The Hall–Kier alpha value is -3.01. The van der Waals surface area contributed by atoms with Crippen molar-refractivity contribution in [1.82, 2.24) is 19.7 Å². The van der Waals surface area contributed by atoms with Crippen LogP contribution in [0, 0.1) is 0 Å². The Morgan fingerprint density at radius 3 is 2.85 bits per heavy atom. The fourth-order valence-corrected chi connectivity index (χ4v) is 2.84. The summed E-state index contributed by atoms with van der Waals surface area (Å²) in [5, 5.41) is 7.78. The summed E-state index contributed by atoms with van der Waals surface area (Å²) in [6.45, 7) is 1.74. The molecule has 0 radical (unpaired) electrons. The Bertz CT molecular complexity index is 908. The van der Waals surface area contributed by atoms with E-state index in [1.807, 2.05) is 6.92 Å². The molecule has 0 amide bonds. The van der Waals surface area contributed by atoms with Crippen LogP contribution in [0.1, 0.15) is 28.2 Å². The number of aryl methyl sites for hydroxylation is 1. The number of methoxy groups -OCH3 is 2. The third kappa shape index (κ3) is 3.64. The average molecular weight is 376 g/mol. The normalized spacial score (nSPS) is 10.6. The van der Waals surface area contributed by atoms with Crippen LogP contribution in [0.4, 0.5) is 0 Å². The molecule has 1 aromatic carbocycles. The van der Waals surface area contributed by atoms with Crippen molar-refractivity contribution in [2.75, 3.05) is 14.2 Å². The molecule has 26 heavy (non-hydrogen) atoms. The summed E-state index contributed by atoms with van der Waals surface area (Å²) < 4.78 is 24.6. The zero-order valence-corrected chi connectivity index (χ0v) is 15.2. The van der Waals surface area contributed by atoms with E-state index in [1.165, 1.54) is 7.11 Å². The molecule has 0 bridgehead atoms. The zero-order valence-electron chi connectivity index (χ0n) is 14.4. The summed E-state index contributed by atoms with van der Waals surface area (Å²) >= 11 is 0.997. The van der Waals surface area contributed by atoms with Crippen LogP contribution in [0.5, 0.6) is 11.5 Å². The molecule has 0 atom stereocenters. The number of ether oxygens (including phenoxy) is 3. The fourth-order valence-electron chi connectivity index (χ4n) is 2.19. The number of nitrogens with zero attached hydrogens (tertiary/aromatic N) is 4. The summed E-state index contributed by atoms with van der Waals surface area (Å²) in [5.41, 5.74) is 1.24. The van der Waals surface area contributed by atoms with Crippen LogP contribution < -0.4 is 9.47 Å². The first-order valence-corrected chi connectivity index (χ1v) is 8.47. The molecule has 10 heteroatoms. The molecule has 0 N–H and O–H groups in total. The third-order valence-electron chi connectivity index (χ3n) is 3.52. The standard InChI is InChI=1S/C16H16N4O5S/c1-4-11-14(26-20-18-11)16(21)24-8-13-17-15(19-25-13)10-6-5-9(22-2)7-12(10)23-3/h5-7H,4,8H2,1-3H3. The molecule has 3 rings (SSSR count). The van der Waals surface area contributed by atoms with Gasteiger partial charge in [-0.15, -0.1) is 5.10 Å². The first kappa shape index (κ1) is 17.8. The summed E-state index contributed by atoms with van der Waals surface area (Å²) in [4.78, 5) is 16.7. The van der Waals surface area contributed by atoms with Gasteiger partial charge >= 0.3 is 5.97 Å². The maximum Gasteiger partial charge on any atom is 0.352 e. The summed E-state index contributed by atoms with van der Waals surface area (Å²) in [6, 6.07) is 5.24. The van der Waals surface area contributed by atoms with Gasteiger partial charge in [0.05, 0.1) is 25.5 Å². The number of aromatic nitrogens is 4. The SMILES string of the molecule is CCc1nnsc1C(=O)OCc1nc(-c2ccc(OC)cc2OC)no1. The van der Waals surface area contributed by atoms with Gasteiger partial charge in [-0.25, -0.2) is 4.79 Å². The monoisotopic (exact) mass is 376 g/mol. The maximum absolute atomic E-state index is 12.1. The minimum Gasteiger partial charge on any atom is -0.497 e. The van der Waals surface area contributed by atoms with E-state index in [0.29, 0.717) is 39.9 Å². The number of rotatable bonds is 7. The highest BCUT2D eigenvalue weighted by molar-refractivity contribution is 7.07. The Morgan fingerprint density at radius 2 is 2.12 bits per heavy atom. The minimum absolute atomic E-state index is 0.147. The van der Waals surface area contributed by atoms with Crippen molar-refractivity contribution in [3.05, 3.63) is 34.7 Å². The van der Waals surface area contributed by atoms with E-state index in [1.54, 1.807) is 25.3 Å². The van der Waals surface area contributed by atoms with E-state index in [4.69, 9.17) is 18.7 Å². The van der Waals surface area contributed by atoms with E-state index in [-0.39, 0.29) is 12.5 Å². The van der Waals surface area contributed by atoms with E-state index >= 15 is 0 Å². The number of hydrogen-bond donors (Lipinski definition) is 0. The zero-order chi connectivity index (χ0) is 18.5. The van der Waals surface area contributed by atoms with Crippen molar-refractivity contribution in [3.63, 3.8) is 0 Å². The topological polar surface area (TPSA) is 109 Å². The highest BCUT2D eigenvalue weighted by atomic mass is 32.1. The fraction of sp³-hybridized carbons (Fsp3) is 0.312. The van der Waals surface area contributed by atoms with Gasteiger partial charge in [0.25, 0.3) is 5.89 Å². The Morgan fingerprint density at radius 1 is 1.27 bits per heavy atom. The van der Waals surface area contributed by atoms with Crippen molar-refractivity contribution in [1.29, 1.82) is 0 Å². The van der Waals surface area contributed by atoms with Crippen LogP contribution in [0.2, 0.25) is 0 Å². The first-order valence-electron chi connectivity index (χ1n) is 7.69. The summed E-state index contributed by atoms with van der Waals surface area (Å²) in [5.74, 6) is 1.16. The molecule has 0 aliphatic rings. The highest BCUT2D eigenvalue weighted by Gasteiger charge is 2.19. The molecule has 0 aliphatic carbocycles. The number of benzene rings is 1. The second-order valence-corrected chi connectivity index (χ2v) is 5.81. The van der Waals surface area contributed by atoms with Gasteiger partial charge in [-0.2, -0.15) is 4.98 Å². The van der Waals surface area contributed by atoms with Crippen molar-refractivity contribution < 1.29 is 23.5 Å². The van der Waals surface area contributed by atoms with Crippen LogP contribution in [-0.2, 0) is 17.8 Å². The van der Waals surface area contributed by atoms with E-state index in [9.17, 15) is 4.79 Å². The van der Waals surface area contributed by atoms with Crippen LogP contribution >= 0.6 is 11.5 Å². The number of hydrogen-bond acceptors (Lipinski definition) is 10. The second-order valence-electron chi connectivity index (χ2n) is 5.06. The molecule has 3 aromatic rings.